The number of tetrazole rings is 1. The molecule has 1 fully saturated rings. The summed E-state index contributed by atoms with van der Waals surface area (Å²) in [6.45, 7) is 2.13. The van der Waals surface area contributed by atoms with Crippen molar-refractivity contribution >= 4 is 11.7 Å². The Hall–Kier alpha value is -3.03. The molecule has 8 nitrogen and oxygen atoms in total. The first-order chi connectivity index (χ1) is 12.2. The molecular weight excluding hydrogens is 318 g/mol. The zero-order valence-electron chi connectivity index (χ0n) is 13.9. The summed E-state index contributed by atoms with van der Waals surface area (Å²) in [5.41, 5.74) is 0.866. The van der Waals surface area contributed by atoms with Gasteiger partial charge in [0.25, 0.3) is 0 Å². The smallest absolute Gasteiger partial charge is 0.249 e. The molecule has 1 saturated carbocycles. The second kappa shape index (κ2) is 6.46. The third-order valence-corrected chi connectivity index (χ3v) is 4.40. The molecule has 1 unspecified atom stereocenters. The number of anilines is 1. The van der Waals surface area contributed by atoms with E-state index in [1.54, 1.807) is 12.3 Å². The van der Waals surface area contributed by atoms with Crippen molar-refractivity contribution in [2.75, 3.05) is 5.32 Å². The largest absolute Gasteiger partial charge is 0.309 e. The van der Waals surface area contributed by atoms with Gasteiger partial charge in [-0.15, -0.1) is 10.2 Å². The standard InChI is InChI=1S/C17H19N7O/c1-12(13-7-8-13)24-15(9-10-18-24)19-16(25)11-23-21-17(20-22-23)14-5-3-2-4-6-14/h2-6,9-10,12-13H,7-8,11H2,1H3,(H,19,25). The van der Waals surface area contributed by atoms with Crippen molar-refractivity contribution < 1.29 is 4.79 Å². The summed E-state index contributed by atoms with van der Waals surface area (Å²) >= 11 is 0. The molecule has 25 heavy (non-hydrogen) atoms. The Labute approximate surface area is 144 Å². The van der Waals surface area contributed by atoms with Crippen LogP contribution in [0, 0.1) is 5.92 Å². The number of aromatic nitrogens is 6. The van der Waals surface area contributed by atoms with E-state index in [9.17, 15) is 4.79 Å². The maximum atomic E-state index is 12.3. The lowest BCUT2D eigenvalue weighted by atomic mass is 10.2. The van der Waals surface area contributed by atoms with E-state index < -0.39 is 0 Å². The molecule has 0 aliphatic heterocycles. The summed E-state index contributed by atoms with van der Waals surface area (Å²) in [6.07, 6.45) is 4.15. The number of nitrogens with zero attached hydrogens (tertiary/aromatic N) is 6. The molecule has 1 aliphatic carbocycles. The van der Waals surface area contributed by atoms with E-state index in [0.29, 0.717) is 23.6 Å². The highest BCUT2D eigenvalue weighted by Crippen LogP contribution is 2.40. The van der Waals surface area contributed by atoms with Crippen LogP contribution in [-0.4, -0.2) is 35.9 Å². The summed E-state index contributed by atoms with van der Waals surface area (Å²) in [6, 6.07) is 11.6. The first kappa shape index (κ1) is 15.5. The molecule has 128 valence electrons. The van der Waals surface area contributed by atoms with Crippen molar-refractivity contribution in [2.24, 2.45) is 5.92 Å². The average molecular weight is 337 g/mol. The molecule has 2 aromatic heterocycles. The normalized spacial score (nSPS) is 15.1. The summed E-state index contributed by atoms with van der Waals surface area (Å²) in [4.78, 5) is 13.6. The van der Waals surface area contributed by atoms with Gasteiger partial charge in [0.15, 0.2) is 0 Å². The first-order valence-electron chi connectivity index (χ1n) is 8.37. The van der Waals surface area contributed by atoms with Crippen molar-refractivity contribution in [3.05, 3.63) is 42.6 Å². The second-order valence-corrected chi connectivity index (χ2v) is 6.30. The Morgan fingerprint density at radius 3 is 2.84 bits per heavy atom. The maximum Gasteiger partial charge on any atom is 0.249 e. The molecule has 1 aromatic carbocycles. The number of hydrogen-bond acceptors (Lipinski definition) is 5. The van der Waals surface area contributed by atoms with E-state index in [2.05, 4.69) is 32.7 Å². The number of rotatable bonds is 6. The van der Waals surface area contributed by atoms with Gasteiger partial charge in [0.2, 0.25) is 11.7 Å². The van der Waals surface area contributed by atoms with Crippen LogP contribution in [0.3, 0.4) is 0 Å². The molecule has 3 aromatic rings. The van der Waals surface area contributed by atoms with Crippen LogP contribution in [0.25, 0.3) is 11.4 Å². The van der Waals surface area contributed by atoms with E-state index in [-0.39, 0.29) is 12.5 Å². The molecule has 2 heterocycles. The van der Waals surface area contributed by atoms with Crippen molar-refractivity contribution in [1.29, 1.82) is 0 Å². The Bertz CT molecular complexity index is 866. The van der Waals surface area contributed by atoms with Gasteiger partial charge in [-0.1, -0.05) is 30.3 Å². The second-order valence-electron chi connectivity index (χ2n) is 6.30. The van der Waals surface area contributed by atoms with Gasteiger partial charge in [-0.05, 0) is 30.9 Å². The van der Waals surface area contributed by atoms with Crippen molar-refractivity contribution in [3.63, 3.8) is 0 Å². The van der Waals surface area contributed by atoms with Gasteiger partial charge in [0.05, 0.1) is 12.2 Å². The van der Waals surface area contributed by atoms with Gasteiger partial charge in [-0.25, -0.2) is 4.68 Å². The topological polar surface area (TPSA) is 90.5 Å². The average Bonchev–Trinajstić information content (AvgIpc) is 3.21. The van der Waals surface area contributed by atoms with Crippen LogP contribution < -0.4 is 5.32 Å². The fourth-order valence-electron chi connectivity index (χ4n) is 2.84. The van der Waals surface area contributed by atoms with Crippen molar-refractivity contribution in [1.82, 2.24) is 30.0 Å². The van der Waals surface area contributed by atoms with Crippen molar-refractivity contribution in [2.45, 2.75) is 32.4 Å². The lowest BCUT2D eigenvalue weighted by Crippen LogP contribution is -2.23. The van der Waals surface area contributed by atoms with E-state index in [1.165, 1.54) is 17.6 Å². The van der Waals surface area contributed by atoms with Crippen LogP contribution >= 0.6 is 0 Å². The van der Waals surface area contributed by atoms with Crippen LogP contribution in [0.15, 0.2) is 42.6 Å². The highest BCUT2D eigenvalue weighted by atomic mass is 16.2. The molecule has 0 radical (unpaired) electrons. The molecule has 1 aliphatic rings. The highest BCUT2D eigenvalue weighted by Gasteiger charge is 2.30. The fourth-order valence-corrected chi connectivity index (χ4v) is 2.84. The minimum atomic E-state index is -0.207. The predicted octanol–water partition coefficient (Wildman–Crippen LogP) is 2.15. The monoisotopic (exact) mass is 337 g/mol. The number of nitrogens with one attached hydrogen (secondary N) is 1. The number of carbonyl (C=O) groups is 1. The third-order valence-electron chi connectivity index (χ3n) is 4.40. The van der Waals surface area contributed by atoms with Gasteiger partial charge < -0.3 is 5.32 Å². The summed E-state index contributed by atoms with van der Waals surface area (Å²) in [5.74, 6) is 1.65. The van der Waals surface area contributed by atoms with Crippen LogP contribution in [0.5, 0.6) is 0 Å². The van der Waals surface area contributed by atoms with E-state index in [0.717, 1.165) is 5.56 Å². The van der Waals surface area contributed by atoms with E-state index in [4.69, 9.17) is 0 Å². The van der Waals surface area contributed by atoms with Gasteiger partial charge in [0.1, 0.15) is 12.4 Å². The maximum absolute atomic E-state index is 12.3. The summed E-state index contributed by atoms with van der Waals surface area (Å²) in [5, 5.41) is 19.4. The first-order valence-corrected chi connectivity index (χ1v) is 8.37. The minimum Gasteiger partial charge on any atom is -0.309 e. The minimum absolute atomic E-state index is 0.00280. The number of hydrogen-bond donors (Lipinski definition) is 1. The number of carbonyl (C=O) groups excluding carboxylic acids is 1. The van der Waals surface area contributed by atoms with E-state index in [1.807, 2.05) is 35.0 Å². The highest BCUT2D eigenvalue weighted by molar-refractivity contribution is 5.89. The molecule has 0 spiro atoms. The lowest BCUT2D eigenvalue weighted by molar-refractivity contribution is -0.117. The lowest BCUT2D eigenvalue weighted by Gasteiger charge is -2.15. The predicted molar refractivity (Wildman–Crippen MR) is 91.5 cm³/mol. The van der Waals surface area contributed by atoms with Gasteiger partial charge in [-0.2, -0.15) is 9.90 Å². The number of amides is 1. The van der Waals surface area contributed by atoms with Crippen LogP contribution in [0.2, 0.25) is 0 Å². The van der Waals surface area contributed by atoms with E-state index >= 15 is 0 Å². The van der Waals surface area contributed by atoms with Gasteiger partial charge >= 0.3 is 0 Å². The SMILES string of the molecule is CC(C1CC1)n1nccc1NC(=O)Cn1nnc(-c2ccccc2)n1. The van der Waals surface area contributed by atoms with Gasteiger partial charge in [0, 0.05) is 11.6 Å². The van der Waals surface area contributed by atoms with Crippen LogP contribution in [-0.2, 0) is 11.3 Å². The Morgan fingerprint density at radius 1 is 1.28 bits per heavy atom. The molecule has 1 amide bonds. The molecule has 8 heteroatoms. The third kappa shape index (κ3) is 3.42. The Morgan fingerprint density at radius 2 is 2.08 bits per heavy atom. The van der Waals surface area contributed by atoms with Crippen molar-refractivity contribution in [3.8, 4) is 11.4 Å². The Balaban J connectivity index is 1.41. The molecule has 1 atom stereocenters. The summed E-state index contributed by atoms with van der Waals surface area (Å²) < 4.78 is 1.87. The van der Waals surface area contributed by atoms with Crippen LogP contribution in [0.4, 0.5) is 5.82 Å². The quantitative estimate of drug-likeness (QED) is 0.744. The molecule has 1 N–H and O–H groups in total. The molecule has 4 rings (SSSR count). The zero-order valence-corrected chi connectivity index (χ0v) is 13.9. The molecule has 0 bridgehead atoms. The zero-order chi connectivity index (χ0) is 17.2. The van der Waals surface area contributed by atoms with Crippen LogP contribution in [0.1, 0.15) is 25.8 Å². The number of benzene rings is 1. The molecular formula is C17H19N7O. The Kier molecular flexibility index (Phi) is 4.01. The molecule has 0 saturated heterocycles. The summed E-state index contributed by atoms with van der Waals surface area (Å²) in [7, 11) is 0. The van der Waals surface area contributed by atoms with Gasteiger partial charge in [-0.3, -0.25) is 4.79 Å². The fraction of sp³-hybridized carbons (Fsp3) is 0.353.